The van der Waals surface area contributed by atoms with E-state index in [1.807, 2.05) is 25.2 Å². The molecule has 0 spiro atoms. The molecule has 0 bridgehead atoms. The third-order valence-corrected chi connectivity index (χ3v) is 5.94. The van der Waals surface area contributed by atoms with Crippen molar-refractivity contribution < 1.29 is 9.47 Å². The molecule has 31 heavy (non-hydrogen) atoms. The van der Waals surface area contributed by atoms with E-state index >= 15 is 0 Å². The van der Waals surface area contributed by atoms with E-state index in [1.165, 1.54) is 11.1 Å². The highest BCUT2D eigenvalue weighted by Crippen LogP contribution is 2.38. The van der Waals surface area contributed by atoms with Gasteiger partial charge in [0.05, 0.1) is 19.3 Å². The fraction of sp³-hybridized carbons (Fsp3) is 0.385. The van der Waals surface area contributed by atoms with Gasteiger partial charge in [-0.2, -0.15) is 0 Å². The number of benzene rings is 2. The molecule has 0 saturated heterocycles. The summed E-state index contributed by atoms with van der Waals surface area (Å²) < 4.78 is 12.0. The first-order valence-corrected chi connectivity index (χ1v) is 11.1. The van der Waals surface area contributed by atoms with Gasteiger partial charge in [-0.3, -0.25) is 0 Å². The van der Waals surface area contributed by atoms with Crippen LogP contribution >= 0.6 is 0 Å². The van der Waals surface area contributed by atoms with Crippen LogP contribution in [0.1, 0.15) is 42.5 Å². The van der Waals surface area contributed by atoms with E-state index in [1.54, 1.807) is 6.33 Å². The van der Waals surface area contributed by atoms with Gasteiger partial charge in [0.25, 0.3) is 0 Å². The molecule has 162 valence electrons. The summed E-state index contributed by atoms with van der Waals surface area (Å²) in [5, 5.41) is 0. The Morgan fingerprint density at radius 1 is 1.00 bits per heavy atom. The Morgan fingerprint density at radius 3 is 2.58 bits per heavy atom. The Balaban J connectivity index is 1.24. The molecule has 0 radical (unpaired) electrons. The second kappa shape index (κ2) is 10.4. The summed E-state index contributed by atoms with van der Waals surface area (Å²) >= 11 is 0. The van der Waals surface area contributed by atoms with E-state index < -0.39 is 0 Å². The Labute approximate surface area is 185 Å². The summed E-state index contributed by atoms with van der Waals surface area (Å²) in [5.41, 5.74) is 3.57. The number of nitrogens with zero attached hydrogens (tertiary/aromatic N) is 3. The fourth-order valence-corrected chi connectivity index (χ4v) is 3.87. The van der Waals surface area contributed by atoms with E-state index in [0.717, 1.165) is 43.1 Å². The van der Waals surface area contributed by atoms with Gasteiger partial charge in [0.1, 0.15) is 24.5 Å². The zero-order chi connectivity index (χ0) is 21.5. The summed E-state index contributed by atoms with van der Waals surface area (Å²) in [6, 6.07) is 20.7. The van der Waals surface area contributed by atoms with E-state index in [2.05, 4.69) is 64.3 Å². The average molecular weight is 418 g/mol. The normalized spacial score (nSPS) is 17.7. The summed E-state index contributed by atoms with van der Waals surface area (Å²) in [5.74, 6) is 2.35. The maximum Gasteiger partial charge on any atom is 0.132 e. The first-order valence-electron chi connectivity index (χ1n) is 11.1. The Morgan fingerprint density at radius 2 is 1.77 bits per heavy atom. The molecule has 5 nitrogen and oxygen atoms in total. The van der Waals surface area contributed by atoms with Gasteiger partial charge < -0.3 is 14.4 Å². The van der Waals surface area contributed by atoms with Gasteiger partial charge in [0.15, 0.2) is 0 Å². The van der Waals surface area contributed by atoms with Crippen molar-refractivity contribution in [1.29, 1.82) is 0 Å². The molecule has 1 aliphatic rings. The SMILES string of the molecule is CCc1ccccc1OCCN(C)c1cc(C2CC(OCc3ccccc3)C2)ncn1. The molecule has 0 N–H and O–H groups in total. The minimum atomic E-state index is 0.313. The zero-order valence-corrected chi connectivity index (χ0v) is 18.4. The number of hydrogen-bond acceptors (Lipinski definition) is 5. The summed E-state index contributed by atoms with van der Waals surface area (Å²) in [6.07, 6.45) is 4.99. The molecule has 0 unspecified atom stereocenters. The van der Waals surface area contributed by atoms with E-state index in [-0.39, 0.29) is 0 Å². The highest BCUT2D eigenvalue weighted by Gasteiger charge is 2.32. The number of anilines is 1. The Bertz CT molecular complexity index is 958. The van der Waals surface area contributed by atoms with Crippen LogP contribution in [0, 0.1) is 0 Å². The molecule has 1 aromatic heterocycles. The van der Waals surface area contributed by atoms with Gasteiger partial charge in [-0.15, -0.1) is 0 Å². The predicted octanol–water partition coefficient (Wildman–Crippen LogP) is 5.02. The predicted molar refractivity (Wildman–Crippen MR) is 124 cm³/mol. The van der Waals surface area contributed by atoms with Crippen molar-refractivity contribution in [2.45, 2.75) is 44.8 Å². The highest BCUT2D eigenvalue weighted by molar-refractivity contribution is 5.39. The van der Waals surface area contributed by atoms with Crippen LogP contribution in [-0.2, 0) is 17.8 Å². The maximum atomic E-state index is 6.04. The van der Waals surface area contributed by atoms with Gasteiger partial charge in [-0.1, -0.05) is 55.5 Å². The lowest BCUT2D eigenvalue weighted by Gasteiger charge is -2.35. The third-order valence-electron chi connectivity index (χ3n) is 5.94. The Hall–Kier alpha value is -2.92. The minimum absolute atomic E-state index is 0.313. The quantitative estimate of drug-likeness (QED) is 0.464. The van der Waals surface area contributed by atoms with Gasteiger partial charge >= 0.3 is 0 Å². The third kappa shape index (κ3) is 5.61. The molecule has 5 heteroatoms. The average Bonchev–Trinajstić information content (AvgIpc) is 2.79. The maximum absolute atomic E-state index is 6.04. The number of ether oxygens (including phenoxy) is 2. The second-order valence-electron chi connectivity index (χ2n) is 8.12. The van der Waals surface area contributed by atoms with Crippen molar-refractivity contribution in [3.63, 3.8) is 0 Å². The molecule has 1 heterocycles. The summed E-state index contributed by atoms with van der Waals surface area (Å²) in [6.45, 7) is 4.21. The van der Waals surface area contributed by atoms with Crippen LogP contribution in [0.2, 0.25) is 0 Å². The van der Waals surface area contributed by atoms with Crippen LogP contribution in [0.4, 0.5) is 5.82 Å². The topological polar surface area (TPSA) is 47.5 Å². The number of aromatic nitrogens is 2. The van der Waals surface area contributed by atoms with Gasteiger partial charge in [-0.05, 0) is 36.5 Å². The first kappa shape index (κ1) is 21.3. The summed E-state index contributed by atoms with van der Waals surface area (Å²) in [4.78, 5) is 11.1. The minimum Gasteiger partial charge on any atom is -0.491 e. The number of hydrogen-bond donors (Lipinski definition) is 0. The smallest absolute Gasteiger partial charge is 0.132 e. The molecule has 2 aromatic carbocycles. The van der Waals surface area contributed by atoms with Crippen molar-refractivity contribution >= 4 is 5.82 Å². The molecular weight excluding hydrogens is 386 g/mol. The fourth-order valence-electron chi connectivity index (χ4n) is 3.87. The zero-order valence-electron chi connectivity index (χ0n) is 18.4. The van der Waals surface area contributed by atoms with Gasteiger partial charge in [0.2, 0.25) is 0 Å². The van der Waals surface area contributed by atoms with Crippen molar-refractivity contribution in [2.24, 2.45) is 0 Å². The highest BCUT2D eigenvalue weighted by atomic mass is 16.5. The lowest BCUT2D eigenvalue weighted by Crippen LogP contribution is -2.31. The molecule has 4 rings (SSSR count). The number of likely N-dealkylation sites (N-methyl/N-ethyl adjacent to an activating group) is 1. The second-order valence-corrected chi connectivity index (χ2v) is 8.12. The van der Waals surface area contributed by atoms with Crippen molar-refractivity contribution in [1.82, 2.24) is 9.97 Å². The standard InChI is InChI=1S/C26H31N3O2/c1-3-21-11-7-8-12-25(21)30-14-13-29(2)26-17-24(27-19-28-26)22-15-23(16-22)31-18-20-9-5-4-6-10-20/h4-12,17,19,22-23H,3,13-16,18H2,1-2H3. The van der Waals surface area contributed by atoms with Crippen molar-refractivity contribution in [3.05, 3.63) is 83.8 Å². The first-order chi connectivity index (χ1) is 15.2. The lowest BCUT2D eigenvalue weighted by molar-refractivity contribution is -0.0214. The Kier molecular flexibility index (Phi) is 7.15. The number of aryl methyl sites for hydroxylation is 1. The molecule has 1 saturated carbocycles. The molecule has 1 fully saturated rings. The molecule has 0 amide bonds. The largest absolute Gasteiger partial charge is 0.491 e. The van der Waals surface area contributed by atoms with Gasteiger partial charge in [0, 0.05) is 24.7 Å². The molecule has 0 aliphatic heterocycles. The molecule has 1 aliphatic carbocycles. The van der Waals surface area contributed by atoms with Gasteiger partial charge in [-0.25, -0.2) is 9.97 Å². The van der Waals surface area contributed by atoms with Crippen LogP contribution < -0.4 is 9.64 Å². The number of rotatable bonds is 10. The van der Waals surface area contributed by atoms with E-state index in [9.17, 15) is 0 Å². The van der Waals surface area contributed by atoms with Crippen LogP contribution in [-0.4, -0.2) is 36.3 Å². The lowest BCUT2D eigenvalue weighted by atomic mass is 9.80. The number of para-hydroxylation sites is 1. The molecular formula is C26H31N3O2. The van der Waals surface area contributed by atoms with Crippen LogP contribution in [0.3, 0.4) is 0 Å². The van der Waals surface area contributed by atoms with Crippen LogP contribution in [0.15, 0.2) is 67.0 Å². The van der Waals surface area contributed by atoms with Crippen LogP contribution in [0.25, 0.3) is 0 Å². The molecule has 0 atom stereocenters. The van der Waals surface area contributed by atoms with Crippen molar-refractivity contribution in [2.75, 3.05) is 25.1 Å². The molecule has 3 aromatic rings. The van der Waals surface area contributed by atoms with E-state index in [0.29, 0.717) is 25.2 Å². The van der Waals surface area contributed by atoms with Crippen molar-refractivity contribution in [3.8, 4) is 5.75 Å². The van der Waals surface area contributed by atoms with Crippen LogP contribution in [0.5, 0.6) is 5.75 Å². The monoisotopic (exact) mass is 417 g/mol. The summed E-state index contributed by atoms with van der Waals surface area (Å²) in [7, 11) is 2.05. The van der Waals surface area contributed by atoms with E-state index in [4.69, 9.17) is 9.47 Å².